The summed E-state index contributed by atoms with van der Waals surface area (Å²) < 4.78 is 28.9. The molecule has 1 amide bonds. The Bertz CT molecular complexity index is 1000. The monoisotopic (exact) mass is 408 g/mol. The number of carbonyl (C=O) groups excluding carboxylic acids is 1. The Morgan fingerprint density at radius 3 is 2.38 bits per heavy atom. The van der Waals surface area contributed by atoms with E-state index in [2.05, 4.69) is 0 Å². The van der Waals surface area contributed by atoms with Crippen LogP contribution in [0.15, 0.2) is 50.6 Å². The molecular formula is C17H16N2O4S3. The van der Waals surface area contributed by atoms with Crippen molar-refractivity contribution in [3.63, 3.8) is 0 Å². The summed E-state index contributed by atoms with van der Waals surface area (Å²) in [5.41, 5.74) is 0.701. The Balaban J connectivity index is 1.85. The lowest BCUT2D eigenvalue weighted by atomic mass is 10.2. The molecule has 0 unspecified atom stereocenters. The van der Waals surface area contributed by atoms with Crippen LogP contribution in [0.3, 0.4) is 0 Å². The van der Waals surface area contributed by atoms with Crippen LogP contribution in [0.5, 0.6) is 0 Å². The van der Waals surface area contributed by atoms with E-state index in [-0.39, 0.29) is 16.8 Å². The van der Waals surface area contributed by atoms with Crippen LogP contribution in [0, 0.1) is 0 Å². The van der Waals surface area contributed by atoms with Crippen molar-refractivity contribution in [1.82, 2.24) is 4.90 Å². The Kier molecular flexibility index (Phi) is 5.07. The first kappa shape index (κ1) is 18.8. The van der Waals surface area contributed by atoms with Gasteiger partial charge in [-0.2, -0.15) is 0 Å². The maximum atomic E-state index is 12.4. The zero-order chi connectivity index (χ0) is 19.1. The van der Waals surface area contributed by atoms with Gasteiger partial charge in [0.05, 0.1) is 9.80 Å². The van der Waals surface area contributed by atoms with Crippen LogP contribution in [0.25, 0.3) is 17.4 Å². The maximum absolute atomic E-state index is 12.4. The van der Waals surface area contributed by atoms with Gasteiger partial charge in [-0.25, -0.2) is 13.6 Å². The van der Waals surface area contributed by atoms with Gasteiger partial charge in [-0.3, -0.25) is 9.69 Å². The molecule has 2 aromatic rings. The highest BCUT2D eigenvalue weighted by molar-refractivity contribution is 8.26. The minimum absolute atomic E-state index is 0.00194. The fourth-order valence-electron chi connectivity index (χ4n) is 2.45. The lowest BCUT2D eigenvalue weighted by molar-refractivity contribution is -0.123. The molecule has 0 atom stereocenters. The van der Waals surface area contributed by atoms with E-state index in [0.29, 0.717) is 26.3 Å². The highest BCUT2D eigenvalue weighted by atomic mass is 32.2. The van der Waals surface area contributed by atoms with Gasteiger partial charge in [-0.15, -0.1) is 0 Å². The van der Waals surface area contributed by atoms with E-state index < -0.39 is 10.0 Å². The van der Waals surface area contributed by atoms with Gasteiger partial charge in [0, 0.05) is 17.7 Å². The summed E-state index contributed by atoms with van der Waals surface area (Å²) in [7, 11) is -3.73. The molecule has 2 heterocycles. The fourth-order valence-corrected chi connectivity index (χ4v) is 4.47. The van der Waals surface area contributed by atoms with Crippen molar-refractivity contribution >= 4 is 50.3 Å². The number of primary sulfonamides is 1. The largest absolute Gasteiger partial charge is 0.457 e. The summed E-state index contributed by atoms with van der Waals surface area (Å²) >= 11 is 6.49. The third kappa shape index (κ3) is 3.75. The second kappa shape index (κ2) is 6.99. The predicted molar refractivity (Wildman–Crippen MR) is 106 cm³/mol. The van der Waals surface area contributed by atoms with E-state index in [1.807, 2.05) is 13.8 Å². The third-order valence-electron chi connectivity index (χ3n) is 3.71. The molecule has 0 saturated carbocycles. The molecule has 6 nitrogen and oxygen atoms in total. The van der Waals surface area contributed by atoms with Crippen molar-refractivity contribution in [2.24, 2.45) is 5.14 Å². The highest BCUT2D eigenvalue weighted by Gasteiger charge is 2.33. The summed E-state index contributed by atoms with van der Waals surface area (Å²) in [5.74, 6) is 0.932. The Hall–Kier alpha value is -1.94. The standard InChI is InChI=1S/C17H16N2O4S3/c1-10(2)19-16(20)15(25-17(19)24)9-12-5-8-14(23-12)11-3-6-13(7-4-11)26(18,21)22/h3-10H,1-2H3,(H2,18,21,22). The first-order valence-corrected chi connectivity index (χ1v) is 10.4. The molecule has 9 heteroatoms. The minimum Gasteiger partial charge on any atom is -0.457 e. The number of carbonyl (C=O) groups is 1. The smallest absolute Gasteiger partial charge is 0.266 e. The zero-order valence-electron chi connectivity index (χ0n) is 14.0. The molecule has 1 aromatic carbocycles. The van der Waals surface area contributed by atoms with Crippen molar-refractivity contribution in [1.29, 1.82) is 0 Å². The number of hydrogen-bond donors (Lipinski definition) is 1. The quantitative estimate of drug-likeness (QED) is 0.617. The Morgan fingerprint density at radius 1 is 1.19 bits per heavy atom. The van der Waals surface area contributed by atoms with Crippen LogP contribution in [0.1, 0.15) is 19.6 Å². The molecule has 3 rings (SSSR count). The van der Waals surface area contributed by atoms with Gasteiger partial charge in [-0.05, 0) is 50.2 Å². The Labute approximate surface area is 161 Å². The molecule has 1 aliphatic heterocycles. The number of hydrogen-bond acceptors (Lipinski definition) is 6. The molecule has 1 aromatic heterocycles. The third-order valence-corrected chi connectivity index (χ3v) is 5.97. The molecule has 2 N–H and O–H groups in total. The minimum atomic E-state index is -3.73. The van der Waals surface area contributed by atoms with Crippen molar-refractivity contribution in [3.05, 3.63) is 47.1 Å². The van der Waals surface area contributed by atoms with Gasteiger partial charge in [0.1, 0.15) is 15.8 Å². The van der Waals surface area contributed by atoms with Crippen LogP contribution in [0.4, 0.5) is 0 Å². The van der Waals surface area contributed by atoms with E-state index in [1.165, 1.54) is 23.9 Å². The predicted octanol–water partition coefficient (Wildman–Crippen LogP) is 3.20. The van der Waals surface area contributed by atoms with Crippen LogP contribution >= 0.6 is 24.0 Å². The molecule has 0 radical (unpaired) electrons. The number of nitrogens with zero attached hydrogens (tertiary/aromatic N) is 1. The molecule has 1 aliphatic rings. The van der Waals surface area contributed by atoms with E-state index in [0.717, 1.165) is 0 Å². The molecule has 1 saturated heterocycles. The molecule has 26 heavy (non-hydrogen) atoms. The number of rotatable bonds is 4. The van der Waals surface area contributed by atoms with E-state index in [4.69, 9.17) is 21.8 Å². The number of furan rings is 1. The van der Waals surface area contributed by atoms with E-state index in [1.54, 1.807) is 35.2 Å². The average Bonchev–Trinajstić information content (AvgIpc) is 3.12. The maximum Gasteiger partial charge on any atom is 0.266 e. The highest BCUT2D eigenvalue weighted by Crippen LogP contribution is 2.34. The normalized spacial score (nSPS) is 16.9. The van der Waals surface area contributed by atoms with Crippen molar-refractivity contribution in [3.8, 4) is 11.3 Å². The number of sulfonamides is 1. The number of amides is 1. The molecule has 0 aliphatic carbocycles. The molecule has 0 bridgehead atoms. The van der Waals surface area contributed by atoms with E-state index >= 15 is 0 Å². The molecule has 136 valence electrons. The first-order chi connectivity index (χ1) is 12.2. The van der Waals surface area contributed by atoms with Crippen molar-refractivity contribution < 1.29 is 17.6 Å². The van der Waals surface area contributed by atoms with Crippen LogP contribution < -0.4 is 5.14 Å². The molecule has 0 spiro atoms. The van der Waals surface area contributed by atoms with Crippen LogP contribution in [-0.2, 0) is 14.8 Å². The zero-order valence-corrected chi connectivity index (χ0v) is 16.5. The van der Waals surface area contributed by atoms with Gasteiger partial charge in [0.15, 0.2) is 0 Å². The summed E-state index contributed by atoms with van der Waals surface area (Å²) in [6.45, 7) is 3.81. The SMILES string of the molecule is CC(C)N1C(=O)C(=Cc2ccc(-c3ccc(S(N)(=O)=O)cc3)o2)SC1=S. The lowest BCUT2D eigenvalue weighted by Gasteiger charge is -2.18. The van der Waals surface area contributed by atoms with Crippen molar-refractivity contribution in [2.45, 2.75) is 24.8 Å². The summed E-state index contributed by atoms with van der Waals surface area (Å²) in [5, 5.41) is 5.09. The molecule has 1 fully saturated rings. The van der Waals surface area contributed by atoms with Crippen LogP contribution in [-0.4, -0.2) is 29.6 Å². The Morgan fingerprint density at radius 2 is 1.85 bits per heavy atom. The van der Waals surface area contributed by atoms with Gasteiger partial charge in [-0.1, -0.05) is 24.0 Å². The second-order valence-corrected chi connectivity index (χ2v) is 9.15. The van der Waals surface area contributed by atoms with E-state index in [9.17, 15) is 13.2 Å². The number of thiocarbonyl (C=S) groups is 1. The van der Waals surface area contributed by atoms with Crippen molar-refractivity contribution in [2.75, 3.05) is 0 Å². The molecular weight excluding hydrogens is 392 g/mol. The summed E-state index contributed by atoms with van der Waals surface area (Å²) in [4.78, 5) is 14.5. The number of benzene rings is 1. The summed E-state index contributed by atoms with van der Waals surface area (Å²) in [6.07, 6.45) is 1.66. The van der Waals surface area contributed by atoms with Gasteiger partial charge in [0.2, 0.25) is 10.0 Å². The lowest BCUT2D eigenvalue weighted by Crippen LogP contribution is -2.34. The number of thioether (sulfide) groups is 1. The second-order valence-electron chi connectivity index (χ2n) is 5.92. The van der Waals surface area contributed by atoms with Gasteiger partial charge >= 0.3 is 0 Å². The number of nitrogens with two attached hydrogens (primary N) is 1. The van der Waals surface area contributed by atoms with Gasteiger partial charge < -0.3 is 4.42 Å². The van der Waals surface area contributed by atoms with Gasteiger partial charge in [0.25, 0.3) is 5.91 Å². The topological polar surface area (TPSA) is 93.6 Å². The average molecular weight is 409 g/mol. The fraction of sp³-hybridized carbons (Fsp3) is 0.176. The van der Waals surface area contributed by atoms with Crippen LogP contribution in [0.2, 0.25) is 0 Å². The summed E-state index contributed by atoms with van der Waals surface area (Å²) in [6, 6.07) is 9.55. The first-order valence-electron chi connectivity index (χ1n) is 7.67.